The fourth-order valence-corrected chi connectivity index (χ4v) is 2.49. The average molecular weight is 298 g/mol. The molecule has 1 amide bonds. The highest BCUT2D eigenvalue weighted by molar-refractivity contribution is 5.90. The number of amides is 1. The molecule has 0 bridgehead atoms. The quantitative estimate of drug-likeness (QED) is 0.644. The summed E-state index contributed by atoms with van der Waals surface area (Å²) in [4.78, 5) is 24.0. The summed E-state index contributed by atoms with van der Waals surface area (Å²) in [7, 11) is 0. The first-order chi connectivity index (χ1) is 10.6. The molecule has 1 aliphatic heterocycles. The third kappa shape index (κ3) is 2.76. The molecule has 1 aliphatic rings. The van der Waals surface area contributed by atoms with Gasteiger partial charge in [-0.1, -0.05) is 30.3 Å². The molecular formula is C16H14N2O4. The lowest BCUT2D eigenvalue weighted by Gasteiger charge is -2.17. The summed E-state index contributed by atoms with van der Waals surface area (Å²) in [5.74, 6) is 0. The van der Waals surface area contributed by atoms with E-state index in [0.29, 0.717) is 18.7 Å². The summed E-state index contributed by atoms with van der Waals surface area (Å²) < 4.78 is 5.30. The van der Waals surface area contributed by atoms with Crippen LogP contribution in [0.1, 0.15) is 11.1 Å². The van der Waals surface area contributed by atoms with Crippen LogP contribution in [0, 0.1) is 10.1 Å². The number of fused-ring (bicyclic) bond motifs is 1. The van der Waals surface area contributed by atoms with E-state index in [4.69, 9.17) is 4.74 Å². The smallest absolute Gasteiger partial charge is 0.414 e. The monoisotopic (exact) mass is 298 g/mol. The van der Waals surface area contributed by atoms with Gasteiger partial charge in [0, 0.05) is 18.7 Å². The molecule has 3 rings (SSSR count). The Hall–Kier alpha value is -2.89. The minimum Gasteiger partial charge on any atom is -0.444 e. The van der Waals surface area contributed by atoms with Crippen molar-refractivity contribution in [1.29, 1.82) is 0 Å². The Labute approximate surface area is 127 Å². The second-order valence-corrected chi connectivity index (χ2v) is 5.01. The number of hydrogen-bond donors (Lipinski definition) is 0. The molecule has 2 aromatic carbocycles. The van der Waals surface area contributed by atoms with Crippen LogP contribution in [0.2, 0.25) is 0 Å². The zero-order valence-corrected chi connectivity index (χ0v) is 11.8. The van der Waals surface area contributed by atoms with Crippen LogP contribution in [0.15, 0.2) is 48.5 Å². The Morgan fingerprint density at radius 3 is 2.73 bits per heavy atom. The van der Waals surface area contributed by atoms with Crippen LogP contribution in [0.3, 0.4) is 0 Å². The van der Waals surface area contributed by atoms with Crippen molar-refractivity contribution in [2.45, 2.75) is 13.0 Å². The SMILES string of the molecule is O=C(OCc1ccccc1)N1CCc2cc([N+](=O)[O-])ccc21. The molecule has 0 N–H and O–H groups in total. The molecule has 0 radical (unpaired) electrons. The van der Waals surface area contributed by atoms with Gasteiger partial charge in [-0.15, -0.1) is 0 Å². The lowest BCUT2D eigenvalue weighted by molar-refractivity contribution is -0.384. The van der Waals surface area contributed by atoms with E-state index in [1.807, 2.05) is 30.3 Å². The molecule has 6 nitrogen and oxygen atoms in total. The molecular weight excluding hydrogens is 284 g/mol. The zero-order chi connectivity index (χ0) is 15.5. The van der Waals surface area contributed by atoms with Crippen LogP contribution in [0.5, 0.6) is 0 Å². The maximum Gasteiger partial charge on any atom is 0.414 e. The van der Waals surface area contributed by atoms with Gasteiger partial charge in [0.05, 0.1) is 10.6 Å². The molecule has 0 fully saturated rings. The van der Waals surface area contributed by atoms with Crippen LogP contribution in [-0.2, 0) is 17.8 Å². The molecule has 0 aromatic heterocycles. The van der Waals surface area contributed by atoms with Crippen molar-refractivity contribution >= 4 is 17.5 Å². The van der Waals surface area contributed by atoms with Crippen LogP contribution < -0.4 is 4.90 Å². The molecule has 0 aliphatic carbocycles. The molecule has 1 heterocycles. The van der Waals surface area contributed by atoms with E-state index in [1.165, 1.54) is 17.0 Å². The van der Waals surface area contributed by atoms with Gasteiger partial charge in [0.2, 0.25) is 0 Å². The molecule has 0 spiro atoms. The van der Waals surface area contributed by atoms with Gasteiger partial charge in [-0.3, -0.25) is 15.0 Å². The number of nitro groups is 1. The second kappa shape index (κ2) is 5.85. The van der Waals surface area contributed by atoms with Crippen molar-refractivity contribution in [2.75, 3.05) is 11.4 Å². The number of nitro benzene ring substituents is 1. The number of carbonyl (C=O) groups is 1. The Kier molecular flexibility index (Phi) is 3.74. The summed E-state index contributed by atoms with van der Waals surface area (Å²) >= 11 is 0. The van der Waals surface area contributed by atoms with Crippen molar-refractivity contribution in [2.24, 2.45) is 0 Å². The molecule has 0 saturated heterocycles. The standard InChI is InChI=1S/C16H14N2O4/c19-16(22-11-12-4-2-1-3-5-12)17-9-8-13-10-14(18(20)21)6-7-15(13)17/h1-7,10H,8-9,11H2. The number of ether oxygens (including phenoxy) is 1. The van der Waals surface area contributed by atoms with E-state index < -0.39 is 11.0 Å². The Balaban J connectivity index is 1.70. The summed E-state index contributed by atoms with van der Waals surface area (Å²) in [6, 6.07) is 13.9. The number of carbonyl (C=O) groups excluding carboxylic acids is 1. The maximum atomic E-state index is 12.2. The first-order valence-electron chi connectivity index (χ1n) is 6.90. The number of hydrogen-bond acceptors (Lipinski definition) is 4. The van der Waals surface area contributed by atoms with Crippen molar-refractivity contribution in [3.63, 3.8) is 0 Å². The summed E-state index contributed by atoms with van der Waals surface area (Å²) in [5.41, 5.74) is 2.44. The predicted molar refractivity (Wildman–Crippen MR) is 80.8 cm³/mol. The minimum atomic E-state index is -0.434. The first kappa shape index (κ1) is 14.1. The van der Waals surface area contributed by atoms with E-state index >= 15 is 0 Å². The Morgan fingerprint density at radius 2 is 2.00 bits per heavy atom. The van der Waals surface area contributed by atoms with Gasteiger partial charge in [0.25, 0.3) is 5.69 Å². The van der Waals surface area contributed by atoms with Gasteiger partial charge in [-0.2, -0.15) is 0 Å². The third-order valence-electron chi connectivity index (χ3n) is 3.59. The van der Waals surface area contributed by atoms with E-state index in [2.05, 4.69) is 0 Å². The predicted octanol–water partition coefficient (Wildman–Crippen LogP) is 3.29. The van der Waals surface area contributed by atoms with Crippen LogP contribution in [0.25, 0.3) is 0 Å². The van der Waals surface area contributed by atoms with Crippen molar-refractivity contribution < 1.29 is 14.5 Å². The number of non-ortho nitro benzene ring substituents is 1. The fraction of sp³-hybridized carbons (Fsp3) is 0.188. The lowest BCUT2D eigenvalue weighted by Crippen LogP contribution is -2.29. The molecule has 0 atom stereocenters. The minimum absolute atomic E-state index is 0.0400. The van der Waals surface area contributed by atoms with Crippen molar-refractivity contribution in [3.05, 3.63) is 69.8 Å². The number of rotatable bonds is 3. The van der Waals surface area contributed by atoms with Gasteiger partial charge < -0.3 is 4.74 Å². The summed E-state index contributed by atoms with van der Waals surface area (Å²) in [6.45, 7) is 0.683. The lowest BCUT2D eigenvalue weighted by atomic mass is 10.1. The number of nitrogens with zero attached hydrogens (tertiary/aromatic N) is 2. The molecule has 112 valence electrons. The van der Waals surface area contributed by atoms with Gasteiger partial charge in [0.1, 0.15) is 6.61 Å². The van der Waals surface area contributed by atoms with E-state index in [1.54, 1.807) is 6.07 Å². The molecule has 6 heteroatoms. The van der Waals surface area contributed by atoms with Crippen molar-refractivity contribution in [1.82, 2.24) is 0 Å². The van der Waals surface area contributed by atoms with Crippen LogP contribution in [0.4, 0.5) is 16.2 Å². The maximum absolute atomic E-state index is 12.2. The summed E-state index contributed by atoms with van der Waals surface area (Å²) in [6.07, 6.45) is 0.161. The van der Waals surface area contributed by atoms with Crippen LogP contribution >= 0.6 is 0 Å². The van der Waals surface area contributed by atoms with Crippen LogP contribution in [-0.4, -0.2) is 17.6 Å². The van der Waals surface area contributed by atoms with Gasteiger partial charge >= 0.3 is 6.09 Å². The molecule has 22 heavy (non-hydrogen) atoms. The summed E-state index contributed by atoms with van der Waals surface area (Å²) in [5, 5.41) is 10.8. The topological polar surface area (TPSA) is 72.7 Å². The van der Waals surface area contributed by atoms with E-state index in [0.717, 1.165) is 11.1 Å². The zero-order valence-electron chi connectivity index (χ0n) is 11.8. The highest BCUT2D eigenvalue weighted by Gasteiger charge is 2.27. The van der Waals surface area contributed by atoms with Crippen molar-refractivity contribution in [3.8, 4) is 0 Å². The normalized spacial score (nSPS) is 12.8. The van der Waals surface area contributed by atoms with E-state index in [9.17, 15) is 14.9 Å². The first-order valence-corrected chi connectivity index (χ1v) is 6.90. The van der Waals surface area contributed by atoms with E-state index in [-0.39, 0.29) is 12.3 Å². The average Bonchev–Trinajstić information content (AvgIpc) is 2.96. The largest absolute Gasteiger partial charge is 0.444 e. The molecule has 0 saturated carbocycles. The highest BCUT2D eigenvalue weighted by atomic mass is 16.6. The number of anilines is 1. The fourth-order valence-electron chi connectivity index (χ4n) is 2.49. The van der Waals surface area contributed by atoms with Gasteiger partial charge in [0.15, 0.2) is 0 Å². The number of benzene rings is 2. The van der Waals surface area contributed by atoms with Gasteiger partial charge in [-0.05, 0) is 23.6 Å². The third-order valence-corrected chi connectivity index (χ3v) is 3.59. The molecule has 0 unspecified atom stereocenters. The second-order valence-electron chi connectivity index (χ2n) is 5.01. The Bertz CT molecular complexity index is 715. The Morgan fingerprint density at radius 1 is 1.23 bits per heavy atom. The highest BCUT2D eigenvalue weighted by Crippen LogP contribution is 2.31. The van der Waals surface area contributed by atoms with Gasteiger partial charge in [-0.25, -0.2) is 4.79 Å². The molecule has 2 aromatic rings.